The van der Waals surface area contributed by atoms with E-state index in [1.54, 1.807) is 31.4 Å². The third-order valence-corrected chi connectivity index (χ3v) is 7.66. The molecule has 174 valence electrons. The molecule has 0 aliphatic carbocycles. The highest BCUT2D eigenvalue weighted by Crippen LogP contribution is 2.37. The minimum Gasteiger partial charge on any atom is -0.497 e. The maximum Gasteiger partial charge on any atom is 0.243 e. The summed E-state index contributed by atoms with van der Waals surface area (Å²) < 4.78 is 43.9. The molecule has 2 saturated heterocycles. The molecule has 3 rings (SSSR count). The highest BCUT2D eigenvalue weighted by molar-refractivity contribution is 7.89. The number of amides is 1. The van der Waals surface area contributed by atoms with Crippen LogP contribution in [0.4, 0.5) is 0 Å². The number of ether oxygens (including phenoxy) is 3. The molecule has 2 heterocycles. The van der Waals surface area contributed by atoms with Crippen LogP contribution in [0.3, 0.4) is 0 Å². The molecular weight excluding hydrogens is 420 g/mol. The average Bonchev–Trinajstić information content (AvgIpc) is 3.35. The van der Waals surface area contributed by atoms with Crippen molar-refractivity contribution in [2.45, 2.75) is 44.3 Å². The van der Waals surface area contributed by atoms with Crippen molar-refractivity contribution in [3.05, 3.63) is 24.3 Å². The van der Waals surface area contributed by atoms with E-state index in [0.29, 0.717) is 57.4 Å². The average molecular weight is 455 g/mol. The Morgan fingerprint density at radius 3 is 2.68 bits per heavy atom. The van der Waals surface area contributed by atoms with Gasteiger partial charge in [0.25, 0.3) is 0 Å². The second kappa shape index (κ2) is 10.8. The Hall–Kier alpha value is -1.68. The summed E-state index contributed by atoms with van der Waals surface area (Å²) in [6, 6.07) is 6.42. The van der Waals surface area contributed by atoms with E-state index in [-0.39, 0.29) is 28.9 Å². The second-order valence-corrected chi connectivity index (χ2v) is 10.6. The van der Waals surface area contributed by atoms with Gasteiger partial charge < -0.3 is 19.5 Å². The molecule has 2 aliphatic heterocycles. The van der Waals surface area contributed by atoms with Gasteiger partial charge in [0.2, 0.25) is 15.9 Å². The molecule has 1 aromatic carbocycles. The number of methoxy groups -OCH3 is 1. The lowest BCUT2D eigenvalue weighted by Crippen LogP contribution is -2.37. The zero-order valence-corrected chi connectivity index (χ0v) is 19.4. The Balaban J connectivity index is 1.49. The lowest BCUT2D eigenvalue weighted by Gasteiger charge is -2.24. The molecule has 3 atom stereocenters. The number of carbonyl (C=O) groups is 1. The van der Waals surface area contributed by atoms with Crippen molar-refractivity contribution < 1.29 is 27.4 Å². The minimum atomic E-state index is -3.62. The van der Waals surface area contributed by atoms with Gasteiger partial charge in [0.05, 0.1) is 25.2 Å². The summed E-state index contributed by atoms with van der Waals surface area (Å²) in [5.74, 6) is 1.28. The largest absolute Gasteiger partial charge is 0.497 e. The van der Waals surface area contributed by atoms with Gasteiger partial charge in [-0.3, -0.25) is 4.79 Å². The standard InChI is InChI=1S/C22H34N2O6S/c1-16(2)14-24(31(26,27)19-7-5-18(28-3)6-8-19)11-4-10-23-21(25)13-17-15-30-22-20(17)9-12-29-22/h5-8,16-17,20,22H,4,9-15H2,1-3H3,(H,23,25). The first-order chi connectivity index (χ1) is 14.8. The van der Waals surface area contributed by atoms with Crippen molar-refractivity contribution in [1.82, 2.24) is 9.62 Å². The minimum absolute atomic E-state index is 0.0189. The quantitative estimate of drug-likeness (QED) is 0.516. The van der Waals surface area contributed by atoms with Crippen molar-refractivity contribution in [3.8, 4) is 5.75 Å². The molecule has 2 fully saturated rings. The van der Waals surface area contributed by atoms with Crippen LogP contribution < -0.4 is 10.1 Å². The number of carbonyl (C=O) groups excluding carboxylic acids is 1. The normalized spacial score (nSPS) is 23.3. The smallest absolute Gasteiger partial charge is 0.243 e. The topological polar surface area (TPSA) is 94.2 Å². The van der Waals surface area contributed by atoms with E-state index < -0.39 is 10.0 Å². The van der Waals surface area contributed by atoms with Crippen molar-refractivity contribution in [2.75, 3.05) is 40.0 Å². The zero-order valence-electron chi connectivity index (χ0n) is 18.6. The number of sulfonamides is 1. The molecule has 0 bridgehead atoms. The van der Waals surface area contributed by atoms with Gasteiger partial charge in [-0.2, -0.15) is 4.31 Å². The van der Waals surface area contributed by atoms with Crippen LogP contribution in [0, 0.1) is 17.8 Å². The second-order valence-electron chi connectivity index (χ2n) is 8.63. The summed E-state index contributed by atoms with van der Waals surface area (Å²) in [5.41, 5.74) is 0. The Bertz CT molecular complexity index is 827. The van der Waals surface area contributed by atoms with Gasteiger partial charge in [-0.15, -0.1) is 0 Å². The number of fused-ring (bicyclic) bond motifs is 1. The van der Waals surface area contributed by atoms with Crippen LogP contribution in [0.1, 0.15) is 33.1 Å². The first kappa shape index (κ1) is 24.0. The predicted octanol–water partition coefficient (Wildman–Crippen LogP) is 2.25. The first-order valence-electron chi connectivity index (χ1n) is 11.0. The molecule has 0 spiro atoms. The monoisotopic (exact) mass is 454 g/mol. The molecule has 9 heteroatoms. The number of hydrogen-bond acceptors (Lipinski definition) is 6. The van der Waals surface area contributed by atoms with E-state index in [2.05, 4.69) is 5.32 Å². The van der Waals surface area contributed by atoms with E-state index >= 15 is 0 Å². The highest BCUT2D eigenvalue weighted by Gasteiger charge is 2.42. The molecule has 0 aromatic heterocycles. The number of nitrogens with zero attached hydrogens (tertiary/aromatic N) is 1. The number of nitrogens with one attached hydrogen (secondary N) is 1. The maximum atomic E-state index is 13.1. The third-order valence-electron chi connectivity index (χ3n) is 5.78. The van der Waals surface area contributed by atoms with E-state index in [0.717, 1.165) is 6.42 Å². The van der Waals surface area contributed by atoms with Gasteiger partial charge in [0.15, 0.2) is 6.29 Å². The SMILES string of the molecule is COc1ccc(S(=O)(=O)N(CCCNC(=O)CC2COC3OCCC23)CC(C)C)cc1. The summed E-state index contributed by atoms with van der Waals surface area (Å²) in [6.45, 7) is 6.43. The van der Waals surface area contributed by atoms with Crippen molar-refractivity contribution in [1.29, 1.82) is 0 Å². The van der Waals surface area contributed by atoms with Crippen molar-refractivity contribution in [3.63, 3.8) is 0 Å². The van der Waals surface area contributed by atoms with E-state index in [1.165, 1.54) is 4.31 Å². The molecule has 0 radical (unpaired) electrons. The van der Waals surface area contributed by atoms with E-state index in [1.807, 2.05) is 13.8 Å². The molecule has 3 unspecified atom stereocenters. The number of rotatable bonds is 11. The lowest BCUT2D eigenvalue weighted by molar-refractivity contribution is -0.122. The molecule has 0 saturated carbocycles. The van der Waals surface area contributed by atoms with E-state index in [4.69, 9.17) is 14.2 Å². The summed E-state index contributed by atoms with van der Waals surface area (Å²) in [5, 5.41) is 2.93. The van der Waals surface area contributed by atoms with Crippen LogP contribution in [0.2, 0.25) is 0 Å². The summed E-state index contributed by atoms with van der Waals surface area (Å²) in [6.07, 6.45) is 1.76. The summed E-state index contributed by atoms with van der Waals surface area (Å²) >= 11 is 0. The van der Waals surface area contributed by atoms with Crippen LogP contribution >= 0.6 is 0 Å². The van der Waals surface area contributed by atoms with Crippen LogP contribution in [-0.2, 0) is 24.3 Å². The predicted molar refractivity (Wildman–Crippen MR) is 116 cm³/mol. The maximum absolute atomic E-state index is 13.1. The van der Waals surface area contributed by atoms with Gasteiger partial charge in [-0.25, -0.2) is 8.42 Å². The van der Waals surface area contributed by atoms with Gasteiger partial charge in [-0.1, -0.05) is 13.8 Å². The van der Waals surface area contributed by atoms with Gasteiger partial charge in [-0.05, 0) is 48.9 Å². The van der Waals surface area contributed by atoms with Crippen molar-refractivity contribution >= 4 is 15.9 Å². The van der Waals surface area contributed by atoms with Crippen LogP contribution in [0.15, 0.2) is 29.2 Å². The lowest BCUT2D eigenvalue weighted by atomic mass is 9.90. The molecule has 1 aromatic rings. The summed E-state index contributed by atoms with van der Waals surface area (Å²) in [7, 11) is -2.07. The Labute approximate surface area is 185 Å². The molecule has 1 N–H and O–H groups in total. The van der Waals surface area contributed by atoms with Crippen LogP contribution in [0.25, 0.3) is 0 Å². The third kappa shape index (κ3) is 6.19. The molecule has 2 aliphatic rings. The number of hydrogen-bond donors (Lipinski definition) is 1. The summed E-state index contributed by atoms with van der Waals surface area (Å²) in [4.78, 5) is 12.6. The van der Waals surface area contributed by atoms with Gasteiger partial charge in [0, 0.05) is 32.0 Å². The zero-order chi connectivity index (χ0) is 22.4. The highest BCUT2D eigenvalue weighted by atomic mass is 32.2. The molecule has 1 amide bonds. The Morgan fingerprint density at radius 2 is 2.00 bits per heavy atom. The number of benzene rings is 1. The molecular formula is C22H34N2O6S. The fourth-order valence-electron chi connectivity index (χ4n) is 4.17. The molecule has 31 heavy (non-hydrogen) atoms. The van der Waals surface area contributed by atoms with Gasteiger partial charge >= 0.3 is 0 Å². The fraction of sp³-hybridized carbons (Fsp3) is 0.682. The van der Waals surface area contributed by atoms with Crippen molar-refractivity contribution in [2.24, 2.45) is 17.8 Å². The molecule has 8 nitrogen and oxygen atoms in total. The fourth-order valence-corrected chi connectivity index (χ4v) is 5.81. The van der Waals surface area contributed by atoms with E-state index in [9.17, 15) is 13.2 Å². The Morgan fingerprint density at radius 1 is 1.26 bits per heavy atom. The van der Waals surface area contributed by atoms with Gasteiger partial charge in [0.1, 0.15) is 5.75 Å². The van der Waals surface area contributed by atoms with Crippen LogP contribution in [-0.4, -0.2) is 64.9 Å². The van der Waals surface area contributed by atoms with Crippen LogP contribution in [0.5, 0.6) is 5.75 Å². The Kier molecular flexibility index (Phi) is 8.32. The first-order valence-corrected chi connectivity index (χ1v) is 12.4.